The third-order valence-corrected chi connectivity index (χ3v) is 4.45. The number of hydrogen-bond acceptors (Lipinski definition) is 1. The highest BCUT2D eigenvalue weighted by Crippen LogP contribution is 2.41. The molecule has 0 amide bonds. The summed E-state index contributed by atoms with van der Waals surface area (Å²) in [5, 5.41) is 0. The molecule has 1 nitrogen and oxygen atoms in total. The van der Waals surface area contributed by atoms with Gasteiger partial charge in [-0.3, -0.25) is 4.90 Å². The van der Waals surface area contributed by atoms with E-state index >= 15 is 0 Å². The molecule has 0 spiro atoms. The zero-order valence-electron chi connectivity index (χ0n) is 13.1. The molecular weight excluding hydrogens is 206 g/mol. The van der Waals surface area contributed by atoms with Crippen molar-refractivity contribution in [3.63, 3.8) is 0 Å². The SMILES string of the molecule is CCC[C@H]1CN(C(C)(C)C)CCC1C(C)(C)C. The fourth-order valence-electron chi connectivity index (χ4n) is 3.44. The molecule has 0 aromatic carbocycles. The van der Waals surface area contributed by atoms with Gasteiger partial charge in [0.25, 0.3) is 0 Å². The van der Waals surface area contributed by atoms with E-state index < -0.39 is 0 Å². The van der Waals surface area contributed by atoms with E-state index in [1.807, 2.05) is 0 Å². The van der Waals surface area contributed by atoms with Crippen LogP contribution >= 0.6 is 0 Å². The zero-order valence-corrected chi connectivity index (χ0v) is 13.1. The summed E-state index contributed by atoms with van der Waals surface area (Å²) in [5.41, 5.74) is 0.818. The summed E-state index contributed by atoms with van der Waals surface area (Å²) < 4.78 is 0. The van der Waals surface area contributed by atoms with Crippen molar-refractivity contribution in [2.75, 3.05) is 13.1 Å². The molecule has 1 saturated heterocycles. The minimum atomic E-state index is 0.342. The molecule has 0 radical (unpaired) electrons. The van der Waals surface area contributed by atoms with Crippen molar-refractivity contribution in [2.24, 2.45) is 17.3 Å². The summed E-state index contributed by atoms with van der Waals surface area (Å²) in [6.45, 7) is 19.3. The Bertz CT molecular complexity index is 231. The van der Waals surface area contributed by atoms with Gasteiger partial charge in [-0.05, 0) is 57.4 Å². The monoisotopic (exact) mass is 239 g/mol. The van der Waals surface area contributed by atoms with E-state index in [4.69, 9.17) is 0 Å². The third-order valence-electron chi connectivity index (χ3n) is 4.45. The molecule has 0 aliphatic carbocycles. The van der Waals surface area contributed by atoms with E-state index in [0.717, 1.165) is 11.8 Å². The Hall–Kier alpha value is -0.0400. The van der Waals surface area contributed by atoms with E-state index in [9.17, 15) is 0 Å². The molecule has 1 aliphatic rings. The summed E-state index contributed by atoms with van der Waals surface area (Å²) in [5.74, 6) is 1.80. The van der Waals surface area contributed by atoms with Gasteiger partial charge in [-0.1, -0.05) is 34.1 Å². The van der Waals surface area contributed by atoms with Gasteiger partial charge in [-0.2, -0.15) is 0 Å². The van der Waals surface area contributed by atoms with Crippen LogP contribution in [0.4, 0.5) is 0 Å². The molecule has 1 rings (SSSR count). The molecule has 1 heterocycles. The van der Waals surface area contributed by atoms with Crippen LogP contribution in [-0.2, 0) is 0 Å². The maximum Gasteiger partial charge on any atom is 0.0125 e. The van der Waals surface area contributed by atoms with Gasteiger partial charge < -0.3 is 0 Å². The van der Waals surface area contributed by atoms with Crippen molar-refractivity contribution >= 4 is 0 Å². The fourth-order valence-corrected chi connectivity index (χ4v) is 3.44. The first-order valence-corrected chi connectivity index (χ1v) is 7.41. The van der Waals surface area contributed by atoms with E-state index in [1.165, 1.54) is 32.4 Å². The van der Waals surface area contributed by atoms with Gasteiger partial charge in [0.1, 0.15) is 0 Å². The van der Waals surface area contributed by atoms with Crippen molar-refractivity contribution in [3.8, 4) is 0 Å². The van der Waals surface area contributed by atoms with Crippen LogP contribution in [0, 0.1) is 17.3 Å². The first kappa shape index (κ1) is 15.0. The van der Waals surface area contributed by atoms with Crippen LogP contribution in [0.5, 0.6) is 0 Å². The Kier molecular flexibility index (Phi) is 4.68. The van der Waals surface area contributed by atoms with E-state index in [2.05, 4.69) is 53.4 Å². The molecule has 102 valence electrons. The lowest BCUT2D eigenvalue weighted by Crippen LogP contribution is -2.51. The molecule has 2 atom stereocenters. The lowest BCUT2D eigenvalue weighted by atomic mass is 9.68. The summed E-state index contributed by atoms with van der Waals surface area (Å²) in [7, 11) is 0. The standard InChI is InChI=1S/C16H33N/c1-8-9-13-12-17(16(5,6)7)11-10-14(13)15(2,3)4/h13-14H,8-12H2,1-7H3/t13-,14?/m0/s1. The van der Waals surface area contributed by atoms with Gasteiger partial charge >= 0.3 is 0 Å². The quantitative estimate of drug-likeness (QED) is 0.682. The number of hydrogen-bond donors (Lipinski definition) is 0. The number of nitrogens with zero attached hydrogens (tertiary/aromatic N) is 1. The Balaban J connectivity index is 2.74. The highest BCUT2D eigenvalue weighted by atomic mass is 15.2. The Morgan fingerprint density at radius 3 is 2.06 bits per heavy atom. The molecule has 0 N–H and O–H groups in total. The topological polar surface area (TPSA) is 3.24 Å². The number of piperidine rings is 1. The van der Waals surface area contributed by atoms with Gasteiger partial charge in [0, 0.05) is 12.1 Å². The van der Waals surface area contributed by atoms with E-state index in [1.54, 1.807) is 0 Å². The Morgan fingerprint density at radius 1 is 1.06 bits per heavy atom. The summed E-state index contributed by atoms with van der Waals surface area (Å²) in [4.78, 5) is 2.69. The van der Waals surface area contributed by atoms with E-state index in [0.29, 0.717) is 11.0 Å². The number of rotatable bonds is 2. The van der Waals surface area contributed by atoms with Crippen LogP contribution in [0.15, 0.2) is 0 Å². The van der Waals surface area contributed by atoms with Crippen LogP contribution in [0.2, 0.25) is 0 Å². The second-order valence-corrected chi connectivity index (χ2v) is 7.93. The van der Waals surface area contributed by atoms with E-state index in [-0.39, 0.29) is 0 Å². The molecule has 1 heteroatoms. The smallest absolute Gasteiger partial charge is 0.0125 e. The second-order valence-electron chi connectivity index (χ2n) is 7.93. The molecule has 17 heavy (non-hydrogen) atoms. The largest absolute Gasteiger partial charge is 0.298 e. The predicted molar refractivity (Wildman–Crippen MR) is 77.3 cm³/mol. The van der Waals surface area contributed by atoms with Crippen molar-refractivity contribution in [3.05, 3.63) is 0 Å². The second kappa shape index (κ2) is 5.30. The first-order chi connectivity index (χ1) is 7.66. The molecule has 1 unspecified atom stereocenters. The lowest BCUT2D eigenvalue weighted by molar-refractivity contribution is 0.00306. The number of likely N-dealkylation sites (tertiary alicyclic amines) is 1. The van der Waals surface area contributed by atoms with Crippen LogP contribution in [-0.4, -0.2) is 23.5 Å². The minimum absolute atomic E-state index is 0.342. The Labute approximate surface area is 109 Å². The van der Waals surface area contributed by atoms with Crippen LogP contribution in [0.25, 0.3) is 0 Å². The van der Waals surface area contributed by atoms with Gasteiger partial charge in [0.2, 0.25) is 0 Å². The average molecular weight is 239 g/mol. The maximum atomic E-state index is 2.69. The minimum Gasteiger partial charge on any atom is -0.298 e. The van der Waals surface area contributed by atoms with Crippen molar-refractivity contribution in [2.45, 2.75) is 73.3 Å². The fraction of sp³-hybridized carbons (Fsp3) is 1.00. The van der Waals surface area contributed by atoms with Crippen LogP contribution < -0.4 is 0 Å². The van der Waals surface area contributed by atoms with Crippen LogP contribution in [0.1, 0.15) is 67.7 Å². The van der Waals surface area contributed by atoms with Crippen molar-refractivity contribution in [1.29, 1.82) is 0 Å². The van der Waals surface area contributed by atoms with Gasteiger partial charge in [-0.15, -0.1) is 0 Å². The highest BCUT2D eigenvalue weighted by Gasteiger charge is 2.38. The average Bonchev–Trinajstić information content (AvgIpc) is 2.15. The molecule has 0 aromatic rings. The molecule has 0 bridgehead atoms. The molecule has 1 aliphatic heterocycles. The van der Waals surface area contributed by atoms with Crippen LogP contribution in [0.3, 0.4) is 0 Å². The molecule has 0 saturated carbocycles. The van der Waals surface area contributed by atoms with Gasteiger partial charge in [-0.25, -0.2) is 0 Å². The molecule has 0 aromatic heterocycles. The maximum absolute atomic E-state index is 2.69. The summed E-state index contributed by atoms with van der Waals surface area (Å²) in [6, 6.07) is 0. The highest BCUT2D eigenvalue weighted by molar-refractivity contribution is 4.90. The predicted octanol–water partition coefficient (Wildman–Crippen LogP) is 4.57. The summed E-state index contributed by atoms with van der Waals surface area (Å²) in [6.07, 6.45) is 4.11. The molecular formula is C16H33N. The molecule has 1 fully saturated rings. The normalized spacial score (nSPS) is 28.4. The Morgan fingerprint density at radius 2 is 1.65 bits per heavy atom. The zero-order chi connectivity index (χ0) is 13.3. The lowest BCUT2D eigenvalue weighted by Gasteiger charge is -2.49. The van der Waals surface area contributed by atoms with Crippen molar-refractivity contribution < 1.29 is 0 Å². The van der Waals surface area contributed by atoms with Gasteiger partial charge in [0.05, 0.1) is 0 Å². The first-order valence-electron chi connectivity index (χ1n) is 7.41. The van der Waals surface area contributed by atoms with Gasteiger partial charge in [0.15, 0.2) is 0 Å². The summed E-state index contributed by atoms with van der Waals surface area (Å²) >= 11 is 0. The van der Waals surface area contributed by atoms with Crippen molar-refractivity contribution in [1.82, 2.24) is 4.90 Å². The third kappa shape index (κ3) is 3.98.